The molecule has 1 aliphatic heterocycles. The fraction of sp³-hybridized carbons (Fsp3) is 0.424. The minimum atomic E-state index is -2.04. The van der Waals surface area contributed by atoms with Crippen LogP contribution in [0.1, 0.15) is 16.7 Å². The third kappa shape index (κ3) is 8.92. The van der Waals surface area contributed by atoms with Gasteiger partial charge >= 0.3 is 0 Å². The van der Waals surface area contributed by atoms with Gasteiger partial charge in [-0.3, -0.25) is 4.79 Å². The number of amides is 1. The summed E-state index contributed by atoms with van der Waals surface area (Å²) in [6.07, 6.45) is -4.40. The monoisotopic (exact) mass is 578 g/mol. The Bertz CT molecular complexity index is 1190. The number of nitrogens with zero attached hydrogens (tertiary/aromatic N) is 2. The van der Waals surface area contributed by atoms with Gasteiger partial charge in [-0.15, -0.1) is 0 Å². The van der Waals surface area contributed by atoms with Crippen molar-refractivity contribution in [3.05, 3.63) is 108 Å². The summed E-state index contributed by atoms with van der Waals surface area (Å²) in [5, 5.41) is 34.0. The molecule has 0 aliphatic carbocycles. The Morgan fingerprint density at radius 3 is 1.76 bits per heavy atom. The van der Waals surface area contributed by atoms with E-state index in [4.69, 9.17) is 14.2 Å². The molecular weight excluding hydrogens is 536 g/mol. The smallest absolute Gasteiger partial charge is 0.254 e. The molecule has 1 fully saturated rings. The summed E-state index contributed by atoms with van der Waals surface area (Å²) in [6, 6.07) is 28.1. The van der Waals surface area contributed by atoms with Crippen LogP contribution in [0.3, 0.4) is 0 Å². The number of carbonyl (C=O) groups is 1. The zero-order valence-corrected chi connectivity index (χ0v) is 24.1. The van der Waals surface area contributed by atoms with E-state index in [0.29, 0.717) is 26.2 Å². The second kappa shape index (κ2) is 15.9. The minimum absolute atomic E-state index is 0.0255. The second-order valence-electron chi connectivity index (χ2n) is 10.8. The summed E-state index contributed by atoms with van der Waals surface area (Å²) in [4.78, 5) is 17.6. The van der Waals surface area contributed by atoms with Gasteiger partial charge in [-0.1, -0.05) is 91.0 Å². The highest BCUT2D eigenvalue weighted by molar-refractivity contribution is 5.82. The first-order valence-electron chi connectivity index (χ1n) is 14.3. The van der Waals surface area contributed by atoms with Gasteiger partial charge in [-0.05, 0) is 23.7 Å². The van der Waals surface area contributed by atoms with E-state index in [0.717, 1.165) is 16.7 Å². The Hall–Kier alpha value is -3.15. The van der Waals surface area contributed by atoms with Crippen LogP contribution in [-0.2, 0) is 38.8 Å². The average molecular weight is 579 g/mol. The number of benzene rings is 3. The molecule has 3 N–H and O–H groups in total. The van der Waals surface area contributed by atoms with E-state index in [1.54, 1.807) is 4.90 Å². The topological polar surface area (TPSA) is 112 Å². The first kappa shape index (κ1) is 31.8. The normalized spacial score (nSPS) is 17.8. The first-order chi connectivity index (χ1) is 20.4. The molecule has 4 atom stereocenters. The van der Waals surface area contributed by atoms with E-state index in [2.05, 4.69) is 4.90 Å². The van der Waals surface area contributed by atoms with Crippen molar-refractivity contribution in [2.45, 2.75) is 43.7 Å². The predicted octanol–water partition coefficient (Wildman–Crippen LogP) is 2.23. The van der Waals surface area contributed by atoms with E-state index in [-0.39, 0.29) is 26.4 Å². The highest BCUT2D eigenvalue weighted by atomic mass is 16.5. The van der Waals surface area contributed by atoms with Gasteiger partial charge in [-0.25, -0.2) is 0 Å². The van der Waals surface area contributed by atoms with Gasteiger partial charge in [0.1, 0.15) is 17.8 Å². The molecule has 9 heteroatoms. The third-order valence-corrected chi connectivity index (χ3v) is 7.49. The van der Waals surface area contributed by atoms with E-state index < -0.39 is 36.4 Å². The SMILES string of the molecule is CN1CCN(C(=O)[C@H](OCc2ccccc2)[C@@H](O)[C@H](OCc2ccccc2)C(O)(CO)COCc2ccccc2)CC1. The molecule has 0 saturated carbocycles. The molecular formula is C33H42N2O7. The van der Waals surface area contributed by atoms with Crippen LogP contribution in [0.15, 0.2) is 91.0 Å². The van der Waals surface area contributed by atoms with Crippen LogP contribution in [0.2, 0.25) is 0 Å². The number of ether oxygens (including phenoxy) is 3. The van der Waals surface area contributed by atoms with Crippen LogP contribution in [0.4, 0.5) is 0 Å². The highest BCUT2D eigenvalue weighted by Crippen LogP contribution is 2.25. The largest absolute Gasteiger partial charge is 0.393 e. The number of hydrogen-bond donors (Lipinski definition) is 3. The van der Waals surface area contributed by atoms with Crippen LogP contribution in [0, 0.1) is 0 Å². The van der Waals surface area contributed by atoms with Crippen LogP contribution in [0.25, 0.3) is 0 Å². The molecule has 0 bridgehead atoms. The average Bonchev–Trinajstić information content (AvgIpc) is 3.03. The fourth-order valence-electron chi connectivity index (χ4n) is 4.91. The molecule has 1 heterocycles. The van der Waals surface area contributed by atoms with Crippen molar-refractivity contribution < 1.29 is 34.3 Å². The summed E-state index contributed by atoms with van der Waals surface area (Å²) < 4.78 is 18.1. The van der Waals surface area contributed by atoms with Crippen LogP contribution in [0.5, 0.6) is 0 Å². The van der Waals surface area contributed by atoms with Gasteiger partial charge in [0.15, 0.2) is 6.10 Å². The van der Waals surface area contributed by atoms with Gasteiger partial charge in [0.25, 0.3) is 5.91 Å². The maximum atomic E-state index is 13.9. The number of aliphatic hydroxyl groups is 3. The lowest BCUT2D eigenvalue weighted by Crippen LogP contribution is -2.62. The van der Waals surface area contributed by atoms with Gasteiger partial charge in [-0.2, -0.15) is 0 Å². The Balaban J connectivity index is 1.59. The maximum Gasteiger partial charge on any atom is 0.254 e. The molecule has 1 unspecified atom stereocenters. The van der Waals surface area contributed by atoms with Crippen molar-refractivity contribution in [2.75, 3.05) is 46.4 Å². The molecule has 3 aromatic carbocycles. The summed E-state index contributed by atoms with van der Waals surface area (Å²) >= 11 is 0. The Kier molecular flexibility index (Phi) is 12.0. The van der Waals surface area contributed by atoms with Crippen molar-refractivity contribution in [2.24, 2.45) is 0 Å². The van der Waals surface area contributed by atoms with Gasteiger partial charge < -0.3 is 39.3 Å². The van der Waals surface area contributed by atoms with E-state index in [9.17, 15) is 20.1 Å². The van der Waals surface area contributed by atoms with Gasteiger partial charge in [0, 0.05) is 26.2 Å². The molecule has 0 aromatic heterocycles. The quantitative estimate of drug-likeness (QED) is 0.252. The van der Waals surface area contributed by atoms with Gasteiger partial charge in [0.2, 0.25) is 0 Å². The van der Waals surface area contributed by atoms with Gasteiger partial charge in [0.05, 0.1) is 33.0 Å². The summed E-state index contributed by atoms with van der Waals surface area (Å²) in [6.45, 7) is 1.49. The lowest BCUT2D eigenvalue weighted by Gasteiger charge is -2.41. The summed E-state index contributed by atoms with van der Waals surface area (Å²) in [5.74, 6) is -0.398. The Morgan fingerprint density at radius 2 is 1.26 bits per heavy atom. The molecule has 0 spiro atoms. The summed E-state index contributed by atoms with van der Waals surface area (Å²) in [7, 11) is 1.99. The molecule has 1 saturated heterocycles. The Labute approximate surface area is 247 Å². The van der Waals surface area contributed by atoms with E-state index in [1.807, 2.05) is 98.0 Å². The van der Waals surface area contributed by atoms with Crippen molar-refractivity contribution in [1.29, 1.82) is 0 Å². The predicted molar refractivity (Wildman–Crippen MR) is 158 cm³/mol. The molecule has 1 aliphatic rings. The number of hydrogen-bond acceptors (Lipinski definition) is 8. The van der Waals surface area contributed by atoms with E-state index in [1.165, 1.54) is 0 Å². The lowest BCUT2D eigenvalue weighted by molar-refractivity contribution is -0.220. The van der Waals surface area contributed by atoms with Crippen molar-refractivity contribution in [3.8, 4) is 0 Å². The number of likely N-dealkylation sites (N-methyl/N-ethyl adjacent to an activating group) is 1. The first-order valence-corrected chi connectivity index (χ1v) is 14.3. The number of carbonyl (C=O) groups excluding carboxylic acids is 1. The molecule has 3 aromatic rings. The summed E-state index contributed by atoms with van der Waals surface area (Å²) in [5.41, 5.74) is 0.465. The third-order valence-electron chi connectivity index (χ3n) is 7.49. The zero-order chi connectivity index (χ0) is 29.8. The zero-order valence-electron chi connectivity index (χ0n) is 24.1. The number of piperazine rings is 1. The molecule has 9 nitrogen and oxygen atoms in total. The fourth-order valence-corrected chi connectivity index (χ4v) is 4.91. The number of rotatable bonds is 15. The molecule has 0 radical (unpaired) electrons. The standard InChI is InChI=1S/C33H42N2O7/c1-34-17-19-35(20-18-34)32(38)30(41-22-27-13-7-3-8-14-27)29(37)31(42-23-28-15-9-4-10-16-28)33(39,24-36)25-40-21-26-11-5-2-6-12-26/h2-16,29-31,36-37,39H,17-25H2,1H3/t29-,30-,31+,33?/m1/s1. The van der Waals surface area contributed by atoms with Crippen LogP contribution >= 0.6 is 0 Å². The van der Waals surface area contributed by atoms with Crippen LogP contribution < -0.4 is 0 Å². The van der Waals surface area contributed by atoms with Crippen molar-refractivity contribution >= 4 is 5.91 Å². The highest BCUT2D eigenvalue weighted by Gasteiger charge is 2.48. The molecule has 42 heavy (non-hydrogen) atoms. The Morgan fingerprint density at radius 1 is 0.786 bits per heavy atom. The van der Waals surface area contributed by atoms with Crippen molar-refractivity contribution in [1.82, 2.24) is 9.80 Å². The van der Waals surface area contributed by atoms with Crippen LogP contribution in [-0.4, -0.2) is 101 Å². The minimum Gasteiger partial charge on any atom is -0.393 e. The maximum absolute atomic E-state index is 13.9. The van der Waals surface area contributed by atoms with E-state index >= 15 is 0 Å². The van der Waals surface area contributed by atoms with Crippen molar-refractivity contribution in [3.63, 3.8) is 0 Å². The molecule has 226 valence electrons. The lowest BCUT2D eigenvalue weighted by atomic mass is 9.90. The molecule has 4 rings (SSSR count). The molecule has 1 amide bonds. The number of aliphatic hydroxyl groups excluding tert-OH is 2. The second-order valence-corrected chi connectivity index (χ2v) is 10.8.